The lowest BCUT2D eigenvalue weighted by Gasteiger charge is -2.11. The third-order valence-electron chi connectivity index (χ3n) is 3.04. The summed E-state index contributed by atoms with van der Waals surface area (Å²) >= 11 is 1.71. The topological polar surface area (TPSA) is 50.4 Å². The van der Waals surface area contributed by atoms with E-state index in [-0.39, 0.29) is 23.5 Å². The highest BCUT2D eigenvalue weighted by Crippen LogP contribution is 2.18. The maximum atomic E-state index is 13.6. The average Bonchev–Trinajstić information content (AvgIpc) is 2.96. The summed E-state index contributed by atoms with van der Waals surface area (Å²) in [7, 11) is 0. The van der Waals surface area contributed by atoms with Crippen molar-refractivity contribution in [3.05, 3.63) is 29.6 Å². The Morgan fingerprint density at radius 1 is 1.60 bits per heavy atom. The lowest BCUT2D eigenvalue weighted by molar-refractivity contribution is -0.122. The van der Waals surface area contributed by atoms with Crippen LogP contribution in [0.25, 0.3) is 0 Å². The molecule has 2 rings (SSSR count). The van der Waals surface area contributed by atoms with Gasteiger partial charge in [0.25, 0.3) is 0 Å². The van der Waals surface area contributed by atoms with Gasteiger partial charge in [0.15, 0.2) is 11.6 Å². The number of hydrogen-bond donors (Lipinski definition) is 2. The Balaban J connectivity index is 1.79. The predicted octanol–water partition coefficient (Wildman–Crippen LogP) is 1.55. The number of nitrogens with one attached hydrogen (secondary N) is 2. The lowest BCUT2D eigenvalue weighted by atomic mass is 10.1. The van der Waals surface area contributed by atoms with Crippen LogP contribution in [0.1, 0.15) is 12.5 Å². The lowest BCUT2D eigenvalue weighted by Crippen LogP contribution is -2.42. The Bertz CT molecular complexity index is 464. The highest BCUT2D eigenvalue weighted by atomic mass is 32.2. The van der Waals surface area contributed by atoms with Gasteiger partial charge >= 0.3 is 0 Å². The van der Waals surface area contributed by atoms with Crippen molar-refractivity contribution in [2.24, 2.45) is 0 Å². The van der Waals surface area contributed by atoms with Crippen LogP contribution in [0.3, 0.4) is 0 Å². The zero-order valence-corrected chi connectivity index (χ0v) is 12.3. The van der Waals surface area contributed by atoms with Gasteiger partial charge in [-0.05, 0) is 31.0 Å². The second-order valence-corrected chi connectivity index (χ2v) is 5.54. The van der Waals surface area contributed by atoms with E-state index in [2.05, 4.69) is 10.6 Å². The van der Waals surface area contributed by atoms with Crippen LogP contribution in [0, 0.1) is 5.82 Å². The molecule has 0 aromatic heterocycles. The van der Waals surface area contributed by atoms with Crippen LogP contribution < -0.4 is 15.4 Å². The minimum absolute atomic E-state index is 0.0152. The molecule has 1 heterocycles. The smallest absolute Gasteiger partial charge is 0.238 e. The maximum Gasteiger partial charge on any atom is 0.238 e. The van der Waals surface area contributed by atoms with Gasteiger partial charge in [0.05, 0.1) is 12.6 Å². The molecule has 1 aromatic rings. The molecule has 20 heavy (non-hydrogen) atoms. The molecular formula is C14H19FN2O2S. The molecule has 0 saturated carbocycles. The van der Waals surface area contributed by atoms with E-state index in [1.54, 1.807) is 17.8 Å². The Kier molecular flexibility index (Phi) is 5.67. The summed E-state index contributed by atoms with van der Waals surface area (Å²) < 4.78 is 18.8. The molecule has 2 N–H and O–H groups in total. The van der Waals surface area contributed by atoms with Gasteiger partial charge in [-0.25, -0.2) is 4.39 Å². The minimum atomic E-state index is -0.357. The van der Waals surface area contributed by atoms with Gasteiger partial charge in [0.1, 0.15) is 0 Å². The normalized spacial score (nSPS) is 18.0. The highest BCUT2D eigenvalue weighted by molar-refractivity contribution is 7.99. The van der Waals surface area contributed by atoms with Crippen LogP contribution in [0.2, 0.25) is 0 Å². The summed E-state index contributed by atoms with van der Waals surface area (Å²) in [5, 5.41) is 5.97. The quantitative estimate of drug-likeness (QED) is 0.836. The number of halogens is 1. The van der Waals surface area contributed by atoms with Crippen LogP contribution in [-0.4, -0.2) is 36.7 Å². The van der Waals surface area contributed by atoms with E-state index in [9.17, 15) is 9.18 Å². The monoisotopic (exact) mass is 298 g/mol. The molecule has 1 unspecified atom stereocenters. The molecule has 1 atom stereocenters. The predicted molar refractivity (Wildman–Crippen MR) is 78.5 cm³/mol. The van der Waals surface area contributed by atoms with E-state index in [1.807, 2.05) is 13.0 Å². The third kappa shape index (κ3) is 4.11. The zero-order valence-electron chi connectivity index (χ0n) is 11.4. The Morgan fingerprint density at radius 3 is 3.10 bits per heavy atom. The summed E-state index contributed by atoms with van der Waals surface area (Å²) in [6, 6.07) is 4.81. The number of amides is 1. The molecule has 0 radical (unpaired) electrons. The van der Waals surface area contributed by atoms with Gasteiger partial charge in [-0.3, -0.25) is 10.1 Å². The number of benzene rings is 1. The molecule has 4 nitrogen and oxygen atoms in total. The van der Waals surface area contributed by atoms with Gasteiger partial charge in [-0.2, -0.15) is 0 Å². The van der Waals surface area contributed by atoms with E-state index >= 15 is 0 Å². The maximum absolute atomic E-state index is 13.6. The molecule has 1 saturated heterocycles. The second kappa shape index (κ2) is 7.50. The number of thioether (sulfide) groups is 1. The van der Waals surface area contributed by atoms with Crippen molar-refractivity contribution in [1.29, 1.82) is 0 Å². The zero-order chi connectivity index (χ0) is 14.4. The van der Waals surface area contributed by atoms with Crippen LogP contribution in [0.5, 0.6) is 5.75 Å². The molecule has 0 bridgehead atoms. The summed E-state index contributed by atoms with van der Waals surface area (Å²) in [5.41, 5.74) is 0.847. The molecular weight excluding hydrogens is 279 g/mol. The fourth-order valence-corrected chi connectivity index (χ4v) is 2.93. The Labute approximate surface area is 122 Å². The summed E-state index contributed by atoms with van der Waals surface area (Å²) in [4.78, 5) is 11.8. The Hall–Kier alpha value is -1.27. The first-order valence-electron chi connectivity index (χ1n) is 6.70. The SMILES string of the molecule is CCOc1ccc(CCNC(=O)C2CSCN2)cc1F. The first kappa shape index (κ1) is 15.1. The first-order valence-corrected chi connectivity index (χ1v) is 7.86. The molecule has 0 aliphatic carbocycles. The van der Waals surface area contributed by atoms with Crippen molar-refractivity contribution in [3.8, 4) is 5.75 Å². The van der Waals surface area contributed by atoms with Gasteiger partial charge in [-0.15, -0.1) is 11.8 Å². The van der Waals surface area contributed by atoms with Gasteiger partial charge < -0.3 is 10.1 Å². The van der Waals surface area contributed by atoms with Crippen LogP contribution in [0.4, 0.5) is 4.39 Å². The van der Waals surface area contributed by atoms with E-state index in [4.69, 9.17) is 4.74 Å². The van der Waals surface area contributed by atoms with Gasteiger partial charge in [-0.1, -0.05) is 6.07 Å². The van der Waals surface area contributed by atoms with E-state index in [0.29, 0.717) is 19.6 Å². The number of carbonyl (C=O) groups is 1. The summed E-state index contributed by atoms with van der Waals surface area (Å²) in [6.07, 6.45) is 0.606. The fraction of sp³-hybridized carbons (Fsp3) is 0.500. The molecule has 1 amide bonds. The summed E-state index contributed by atoms with van der Waals surface area (Å²) in [6.45, 7) is 2.77. The number of ether oxygens (including phenoxy) is 1. The highest BCUT2D eigenvalue weighted by Gasteiger charge is 2.21. The molecule has 0 spiro atoms. The number of carbonyl (C=O) groups excluding carboxylic acids is 1. The first-order chi connectivity index (χ1) is 9.70. The molecule has 1 fully saturated rings. The molecule has 1 aliphatic heterocycles. The van der Waals surface area contributed by atoms with Crippen LogP contribution in [-0.2, 0) is 11.2 Å². The standard InChI is InChI=1S/C14H19FN2O2S/c1-2-19-13-4-3-10(7-11(13)15)5-6-16-14(18)12-8-20-9-17-12/h3-4,7,12,17H,2,5-6,8-9H2,1H3,(H,16,18). The molecule has 1 aliphatic rings. The van der Waals surface area contributed by atoms with E-state index in [1.165, 1.54) is 6.07 Å². The molecule has 1 aromatic carbocycles. The van der Waals surface area contributed by atoms with Gasteiger partial charge in [0, 0.05) is 18.2 Å². The average molecular weight is 298 g/mol. The van der Waals surface area contributed by atoms with Crippen LogP contribution >= 0.6 is 11.8 Å². The van der Waals surface area contributed by atoms with Crippen molar-refractivity contribution in [2.45, 2.75) is 19.4 Å². The van der Waals surface area contributed by atoms with E-state index < -0.39 is 0 Å². The van der Waals surface area contributed by atoms with Crippen molar-refractivity contribution in [3.63, 3.8) is 0 Å². The van der Waals surface area contributed by atoms with Crippen LogP contribution in [0.15, 0.2) is 18.2 Å². The number of hydrogen-bond acceptors (Lipinski definition) is 4. The largest absolute Gasteiger partial charge is 0.491 e. The summed E-state index contributed by atoms with van der Waals surface area (Å²) in [5.74, 6) is 1.56. The molecule has 110 valence electrons. The van der Waals surface area contributed by atoms with Gasteiger partial charge in [0.2, 0.25) is 5.91 Å². The van der Waals surface area contributed by atoms with Crippen molar-refractivity contribution in [1.82, 2.24) is 10.6 Å². The number of rotatable bonds is 6. The fourth-order valence-electron chi connectivity index (χ4n) is 1.99. The molecule has 6 heteroatoms. The third-order valence-corrected chi connectivity index (χ3v) is 3.98. The Morgan fingerprint density at radius 2 is 2.45 bits per heavy atom. The van der Waals surface area contributed by atoms with Crippen molar-refractivity contribution < 1.29 is 13.9 Å². The van der Waals surface area contributed by atoms with Crippen molar-refractivity contribution in [2.75, 3.05) is 24.8 Å². The second-order valence-electron chi connectivity index (χ2n) is 4.51. The minimum Gasteiger partial charge on any atom is -0.491 e. The van der Waals surface area contributed by atoms with E-state index in [0.717, 1.165) is 17.2 Å². The van der Waals surface area contributed by atoms with Crippen molar-refractivity contribution >= 4 is 17.7 Å².